The number of nitrogens with one attached hydrogen (secondary N) is 1. The first kappa shape index (κ1) is 12.4. The van der Waals surface area contributed by atoms with Crippen LogP contribution in [0.3, 0.4) is 0 Å². The van der Waals surface area contributed by atoms with Crippen molar-refractivity contribution < 1.29 is 4.79 Å². The molecule has 13 heavy (non-hydrogen) atoms. The summed E-state index contributed by atoms with van der Waals surface area (Å²) in [5, 5.41) is 2.98. The Morgan fingerprint density at radius 2 is 2.15 bits per heavy atom. The van der Waals surface area contributed by atoms with E-state index in [2.05, 4.69) is 31.1 Å². The number of hydrogen-bond acceptors (Lipinski definition) is 3. The molecule has 4 heteroatoms. The van der Waals surface area contributed by atoms with Crippen LogP contribution in [-0.4, -0.2) is 43.5 Å². The highest BCUT2D eigenvalue weighted by molar-refractivity contribution is 5.75. The number of rotatable bonds is 7. The first-order chi connectivity index (χ1) is 6.04. The lowest BCUT2D eigenvalue weighted by Gasteiger charge is -2.20. The molecule has 0 saturated carbocycles. The first-order valence-electron chi connectivity index (χ1n) is 4.73. The van der Waals surface area contributed by atoms with Crippen LogP contribution < -0.4 is 11.1 Å². The van der Waals surface area contributed by atoms with E-state index < -0.39 is 0 Å². The molecule has 0 unspecified atom stereocenters. The third-order valence-electron chi connectivity index (χ3n) is 2.05. The van der Waals surface area contributed by atoms with Crippen LogP contribution >= 0.6 is 0 Å². The van der Waals surface area contributed by atoms with Gasteiger partial charge in [0.1, 0.15) is 0 Å². The smallest absolute Gasteiger partial charge is 0.231 e. The number of amides is 1. The zero-order valence-electron chi connectivity index (χ0n) is 8.84. The molecule has 3 N–H and O–H groups in total. The summed E-state index contributed by atoms with van der Waals surface area (Å²) in [4.78, 5) is 12.6. The molecule has 78 valence electrons. The van der Waals surface area contributed by atoms with Crippen LogP contribution in [0.5, 0.6) is 0 Å². The van der Waals surface area contributed by atoms with Gasteiger partial charge in [-0.15, -0.1) is 0 Å². The van der Waals surface area contributed by atoms with E-state index in [4.69, 9.17) is 5.73 Å². The van der Waals surface area contributed by atoms with Crippen molar-refractivity contribution in [1.82, 2.24) is 10.2 Å². The summed E-state index contributed by atoms with van der Waals surface area (Å²) in [6.45, 7) is 6.50. The number of primary amides is 1. The van der Waals surface area contributed by atoms with Crippen LogP contribution in [0.1, 0.15) is 20.3 Å². The van der Waals surface area contributed by atoms with E-state index in [1.165, 1.54) is 0 Å². The molecule has 0 heterocycles. The molecule has 0 rings (SSSR count). The van der Waals surface area contributed by atoms with E-state index in [1.54, 1.807) is 0 Å². The van der Waals surface area contributed by atoms with E-state index in [-0.39, 0.29) is 12.5 Å². The largest absolute Gasteiger partial charge is 0.369 e. The van der Waals surface area contributed by atoms with Gasteiger partial charge in [0.05, 0.1) is 6.54 Å². The Hall–Kier alpha value is -0.610. The zero-order chi connectivity index (χ0) is 10.3. The standard InChI is InChI=1S/C9H21N3O/c1-8(2)12(3)6-4-5-11-7-9(10)13/h8,11H,4-7H2,1-3H3,(H2,10,13). The van der Waals surface area contributed by atoms with Crippen LogP contribution in [0, 0.1) is 0 Å². The number of carbonyl (C=O) groups is 1. The summed E-state index contributed by atoms with van der Waals surface area (Å²) in [6, 6.07) is 0.580. The molecule has 0 radical (unpaired) electrons. The summed E-state index contributed by atoms with van der Waals surface area (Å²) < 4.78 is 0. The molecular weight excluding hydrogens is 166 g/mol. The van der Waals surface area contributed by atoms with Crippen molar-refractivity contribution >= 4 is 5.91 Å². The predicted octanol–water partition coefficient (Wildman–Crippen LogP) is -0.208. The highest BCUT2D eigenvalue weighted by atomic mass is 16.1. The van der Waals surface area contributed by atoms with Gasteiger partial charge in [-0.1, -0.05) is 0 Å². The van der Waals surface area contributed by atoms with E-state index in [0.29, 0.717) is 6.04 Å². The van der Waals surface area contributed by atoms with Gasteiger partial charge in [-0.25, -0.2) is 0 Å². The molecular formula is C9H21N3O. The molecule has 0 bridgehead atoms. The topological polar surface area (TPSA) is 58.4 Å². The Morgan fingerprint density at radius 1 is 1.54 bits per heavy atom. The Labute approximate surface area is 80.5 Å². The minimum Gasteiger partial charge on any atom is -0.369 e. The van der Waals surface area contributed by atoms with Crippen molar-refractivity contribution in [3.05, 3.63) is 0 Å². The molecule has 0 atom stereocenters. The fourth-order valence-electron chi connectivity index (χ4n) is 0.923. The maximum absolute atomic E-state index is 10.4. The van der Waals surface area contributed by atoms with Crippen molar-refractivity contribution in [2.24, 2.45) is 5.73 Å². The van der Waals surface area contributed by atoms with Crippen molar-refractivity contribution in [3.63, 3.8) is 0 Å². The van der Waals surface area contributed by atoms with Crippen LogP contribution in [0.4, 0.5) is 0 Å². The molecule has 0 aliphatic rings. The zero-order valence-corrected chi connectivity index (χ0v) is 8.84. The molecule has 1 amide bonds. The minimum atomic E-state index is -0.294. The van der Waals surface area contributed by atoms with E-state index in [9.17, 15) is 4.79 Å². The lowest BCUT2D eigenvalue weighted by Crippen LogP contribution is -2.32. The normalized spacial score (nSPS) is 11.2. The van der Waals surface area contributed by atoms with Crippen molar-refractivity contribution in [2.75, 3.05) is 26.7 Å². The van der Waals surface area contributed by atoms with E-state index in [0.717, 1.165) is 19.5 Å². The van der Waals surface area contributed by atoms with Gasteiger partial charge in [-0.2, -0.15) is 0 Å². The van der Waals surface area contributed by atoms with Crippen molar-refractivity contribution in [3.8, 4) is 0 Å². The van der Waals surface area contributed by atoms with Crippen LogP contribution in [-0.2, 0) is 4.79 Å². The summed E-state index contributed by atoms with van der Waals surface area (Å²) >= 11 is 0. The second-order valence-corrected chi connectivity index (χ2v) is 3.57. The summed E-state index contributed by atoms with van der Waals surface area (Å²) in [5.74, 6) is -0.294. The predicted molar refractivity (Wildman–Crippen MR) is 54.4 cm³/mol. The molecule has 0 aromatic rings. The fraction of sp³-hybridized carbons (Fsp3) is 0.889. The summed E-state index contributed by atoms with van der Waals surface area (Å²) in [5.41, 5.74) is 4.97. The van der Waals surface area contributed by atoms with Gasteiger partial charge in [-0.05, 0) is 40.4 Å². The van der Waals surface area contributed by atoms with E-state index >= 15 is 0 Å². The molecule has 4 nitrogen and oxygen atoms in total. The third-order valence-corrected chi connectivity index (χ3v) is 2.05. The Morgan fingerprint density at radius 3 is 2.62 bits per heavy atom. The van der Waals surface area contributed by atoms with Gasteiger partial charge in [0.25, 0.3) is 0 Å². The van der Waals surface area contributed by atoms with E-state index in [1.807, 2.05) is 0 Å². The van der Waals surface area contributed by atoms with Crippen molar-refractivity contribution in [1.29, 1.82) is 0 Å². The Bertz CT molecular complexity index is 148. The SMILES string of the molecule is CC(C)N(C)CCCNCC(N)=O. The second kappa shape index (κ2) is 6.86. The molecule has 0 saturated heterocycles. The number of hydrogen-bond donors (Lipinski definition) is 2. The van der Waals surface area contributed by atoms with Gasteiger partial charge in [0.15, 0.2) is 0 Å². The Kier molecular flexibility index (Phi) is 6.54. The monoisotopic (exact) mass is 187 g/mol. The molecule has 0 aromatic heterocycles. The maximum atomic E-state index is 10.4. The van der Waals surface area contributed by atoms with Crippen molar-refractivity contribution in [2.45, 2.75) is 26.3 Å². The average molecular weight is 187 g/mol. The lowest BCUT2D eigenvalue weighted by atomic mass is 10.3. The molecule has 0 aliphatic carbocycles. The average Bonchev–Trinajstić information content (AvgIpc) is 2.02. The lowest BCUT2D eigenvalue weighted by molar-refractivity contribution is -0.117. The minimum absolute atomic E-state index is 0.283. The highest BCUT2D eigenvalue weighted by Gasteiger charge is 2.01. The van der Waals surface area contributed by atoms with Crippen LogP contribution in [0.2, 0.25) is 0 Å². The second-order valence-electron chi connectivity index (χ2n) is 3.57. The van der Waals surface area contributed by atoms with Crippen LogP contribution in [0.25, 0.3) is 0 Å². The molecule has 0 aliphatic heterocycles. The van der Waals surface area contributed by atoms with Gasteiger partial charge in [0, 0.05) is 6.04 Å². The number of carbonyl (C=O) groups excluding carboxylic acids is 1. The van der Waals surface area contributed by atoms with Gasteiger partial charge in [-0.3, -0.25) is 4.79 Å². The van der Waals surface area contributed by atoms with Gasteiger partial charge in [0.2, 0.25) is 5.91 Å². The highest BCUT2D eigenvalue weighted by Crippen LogP contribution is 1.93. The fourth-order valence-corrected chi connectivity index (χ4v) is 0.923. The Balaban J connectivity index is 3.21. The summed E-state index contributed by atoms with van der Waals surface area (Å²) in [6.07, 6.45) is 1.04. The first-order valence-corrected chi connectivity index (χ1v) is 4.73. The number of nitrogens with zero attached hydrogens (tertiary/aromatic N) is 1. The quantitative estimate of drug-likeness (QED) is 0.542. The van der Waals surface area contributed by atoms with Gasteiger partial charge < -0.3 is 16.0 Å². The molecule has 0 spiro atoms. The third kappa shape index (κ3) is 7.74. The van der Waals surface area contributed by atoms with Crippen LogP contribution in [0.15, 0.2) is 0 Å². The molecule has 0 fully saturated rings. The van der Waals surface area contributed by atoms with Gasteiger partial charge >= 0.3 is 0 Å². The summed E-state index contributed by atoms with van der Waals surface area (Å²) in [7, 11) is 2.10. The molecule has 0 aromatic carbocycles. The maximum Gasteiger partial charge on any atom is 0.231 e. The number of nitrogens with two attached hydrogens (primary N) is 1.